The number of ether oxygens (including phenoxy) is 1. The second-order valence-corrected chi connectivity index (χ2v) is 3.81. The molecule has 1 aromatic carbocycles. The van der Waals surface area contributed by atoms with Gasteiger partial charge in [0.1, 0.15) is 11.8 Å². The van der Waals surface area contributed by atoms with Gasteiger partial charge in [0.25, 0.3) is 0 Å². The molecule has 1 amide bonds. The van der Waals surface area contributed by atoms with Crippen molar-refractivity contribution in [1.29, 1.82) is 0 Å². The van der Waals surface area contributed by atoms with Crippen LogP contribution in [0.4, 0.5) is 18.9 Å². The van der Waals surface area contributed by atoms with Crippen LogP contribution in [0.1, 0.15) is 0 Å². The topological polar surface area (TPSA) is 122 Å². The smallest absolute Gasteiger partial charge is 0.490 e. The Morgan fingerprint density at radius 2 is 1.77 bits per heavy atom. The van der Waals surface area contributed by atoms with Gasteiger partial charge >= 0.3 is 12.1 Å². The Kier molecular flexibility index (Phi) is 7.91. The number of alkyl halides is 3. The summed E-state index contributed by atoms with van der Waals surface area (Å²) in [5.41, 5.74) is 5.95. The Balaban J connectivity index is 0.000000534. The third kappa shape index (κ3) is 7.45. The molecule has 0 fully saturated rings. The van der Waals surface area contributed by atoms with E-state index in [1.807, 2.05) is 0 Å². The monoisotopic (exact) mass is 324 g/mol. The fraction of sp³-hybridized carbons (Fsp3) is 0.333. The molecule has 1 aromatic rings. The standard InChI is InChI=1S/C10H14N2O3.C2HF3O2/c1-15-8-4-2-7(3-5-8)12-10(14)9(11)6-13;3-2(4,5)1(6)7/h2-5,9,13H,6,11H2,1H3,(H,12,14);(H,6,7). The van der Waals surface area contributed by atoms with Crippen molar-refractivity contribution in [2.75, 3.05) is 19.0 Å². The third-order valence-electron chi connectivity index (χ3n) is 2.13. The van der Waals surface area contributed by atoms with Crippen molar-refractivity contribution in [3.05, 3.63) is 24.3 Å². The van der Waals surface area contributed by atoms with Crippen LogP contribution in [0, 0.1) is 0 Å². The highest BCUT2D eigenvalue weighted by Crippen LogP contribution is 2.15. The first-order chi connectivity index (χ1) is 10.1. The lowest BCUT2D eigenvalue weighted by atomic mass is 10.2. The van der Waals surface area contributed by atoms with E-state index in [-0.39, 0.29) is 6.61 Å². The van der Waals surface area contributed by atoms with E-state index in [2.05, 4.69) is 5.32 Å². The van der Waals surface area contributed by atoms with Crippen molar-refractivity contribution in [2.45, 2.75) is 12.2 Å². The summed E-state index contributed by atoms with van der Waals surface area (Å²) in [5.74, 6) is -2.46. The number of methoxy groups -OCH3 is 1. The fourth-order valence-electron chi connectivity index (χ4n) is 0.992. The van der Waals surface area contributed by atoms with Gasteiger partial charge in [-0.25, -0.2) is 4.79 Å². The number of rotatable bonds is 4. The molecule has 1 rings (SSSR count). The molecule has 124 valence electrons. The van der Waals surface area contributed by atoms with Gasteiger partial charge in [0.2, 0.25) is 5.91 Å². The van der Waals surface area contributed by atoms with Crippen molar-refractivity contribution in [2.24, 2.45) is 5.73 Å². The molecule has 0 aromatic heterocycles. The number of anilines is 1. The molecule has 0 saturated carbocycles. The molecule has 5 N–H and O–H groups in total. The summed E-state index contributed by atoms with van der Waals surface area (Å²) in [6, 6.07) is 5.94. The van der Waals surface area contributed by atoms with Gasteiger partial charge in [-0.2, -0.15) is 13.2 Å². The predicted octanol–water partition coefficient (Wildman–Crippen LogP) is 0.587. The molecule has 1 atom stereocenters. The zero-order chi connectivity index (χ0) is 17.3. The summed E-state index contributed by atoms with van der Waals surface area (Å²) in [6.45, 7) is -0.373. The summed E-state index contributed by atoms with van der Waals surface area (Å²) >= 11 is 0. The van der Waals surface area contributed by atoms with Crippen molar-refractivity contribution >= 4 is 17.6 Å². The number of carbonyl (C=O) groups is 2. The van der Waals surface area contributed by atoms with Crippen LogP contribution in [0.15, 0.2) is 24.3 Å². The van der Waals surface area contributed by atoms with Gasteiger partial charge in [-0.15, -0.1) is 0 Å². The zero-order valence-corrected chi connectivity index (χ0v) is 11.4. The maximum absolute atomic E-state index is 11.3. The predicted molar refractivity (Wildman–Crippen MR) is 70.4 cm³/mol. The molecule has 0 bridgehead atoms. The summed E-state index contributed by atoms with van der Waals surface area (Å²) in [6.07, 6.45) is -5.08. The molecular formula is C12H15F3N2O5. The van der Waals surface area contributed by atoms with Crippen LogP contribution in [-0.2, 0) is 9.59 Å². The average Bonchev–Trinajstić information content (AvgIpc) is 2.46. The minimum Gasteiger partial charge on any atom is -0.497 e. The first-order valence-electron chi connectivity index (χ1n) is 5.73. The summed E-state index contributed by atoms with van der Waals surface area (Å²) in [5, 5.41) is 18.3. The number of nitrogens with one attached hydrogen (secondary N) is 1. The normalized spacial score (nSPS) is 11.7. The highest BCUT2D eigenvalue weighted by atomic mass is 19.4. The number of aliphatic carboxylic acids is 1. The van der Waals surface area contributed by atoms with E-state index in [0.717, 1.165) is 0 Å². The number of aliphatic hydroxyl groups is 1. The first-order valence-corrected chi connectivity index (χ1v) is 5.73. The van der Waals surface area contributed by atoms with Crippen molar-refractivity contribution in [1.82, 2.24) is 0 Å². The average molecular weight is 324 g/mol. The SMILES string of the molecule is COc1ccc(NC(=O)C(N)CO)cc1.O=C(O)C(F)(F)F. The largest absolute Gasteiger partial charge is 0.497 e. The van der Waals surface area contributed by atoms with Crippen molar-refractivity contribution in [3.8, 4) is 5.75 Å². The van der Waals surface area contributed by atoms with Crippen LogP contribution in [0.5, 0.6) is 5.75 Å². The lowest BCUT2D eigenvalue weighted by Crippen LogP contribution is -2.38. The molecule has 0 aliphatic carbocycles. The maximum Gasteiger partial charge on any atom is 0.490 e. The van der Waals surface area contributed by atoms with Gasteiger partial charge in [0.05, 0.1) is 13.7 Å². The van der Waals surface area contributed by atoms with Gasteiger partial charge in [-0.05, 0) is 24.3 Å². The number of halogens is 3. The first kappa shape index (κ1) is 19.7. The molecule has 0 aliphatic heterocycles. The molecule has 0 spiro atoms. The van der Waals surface area contributed by atoms with E-state index in [1.54, 1.807) is 31.4 Å². The van der Waals surface area contributed by atoms with E-state index in [4.69, 9.17) is 25.5 Å². The Morgan fingerprint density at radius 1 is 1.32 bits per heavy atom. The number of hydrogen-bond acceptors (Lipinski definition) is 5. The van der Waals surface area contributed by atoms with Crippen LogP contribution >= 0.6 is 0 Å². The molecule has 1 unspecified atom stereocenters. The zero-order valence-electron chi connectivity index (χ0n) is 11.4. The number of carboxylic acid groups (broad SMARTS) is 1. The Morgan fingerprint density at radius 3 is 2.09 bits per heavy atom. The van der Waals surface area contributed by atoms with E-state index in [1.165, 1.54) is 0 Å². The number of carbonyl (C=O) groups excluding carboxylic acids is 1. The van der Waals surface area contributed by atoms with Crippen LogP contribution in [-0.4, -0.2) is 48.0 Å². The minimum atomic E-state index is -5.08. The fourth-order valence-corrected chi connectivity index (χ4v) is 0.992. The maximum atomic E-state index is 11.3. The van der Waals surface area contributed by atoms with Crippen LogP contribution in [0.2, 0.25) is 0 Å². The molecule has 0 heterocycles. The highest BCUT2D eigenvalue weighted by Gasteiger charge is 2.38. The molecule has 7 nitrogen and oxygen atoms in total. The molecule has 22 heavy (non-hydrogen) atoms. The lowest BCUT2D eigenvalue weighted by molar-refractivity contribution is -0.192. The second-order valence-electron chi connectivity index (χ2n) is 3.81. The number of aliphatic hydroxyl groups excluding tert-OH is 1. The van der Waals surface area contributed by atoms with Gasteiger partial charge in [-0.3, -0.25) is 4.79 Å². The number of nitrogens with two attached hydrogens (primary N) is 1. The summed E-state index contributed by atoms with van der Waals surface area (Å²) < 4.78 is 36.7. The highest BCUT2D eigenvalue weighted by molar-refractivity contribution is 5.94. The quantitative estimate of drug-likeness (QED) is 0.643. The minimum absolute atomic E-state index is 0.373. The van der Waals surface area contributed by atoms with E-state index >= 15 is 0 Å². The van der Waals surface area contributed by atoms with Gasteiger partial charge < -0.3 is 26.0 Å². The van der Waals surface area contributed by atoms with Gasteiger partial charge in [-0.1, -0.05) is 0 Å². The number of amides is 1. The Labute approximate surface area is 123 Å². The summed E-state index contributed by atoms with van der Waals surface area (Å²) in [4.78, 5) is 20.2. The number of benzene rings is 1. The molecule has 0 aliphatic rings. The molecule has 0 radical (unpaired) electrons. The molecular weight excluding hydrogens is 309 g/mol. The van der Waals surface area contributed by atoms with Crippen LogP contribution in [0.25, 0.3) is 0 Å². The Hall–Kier alpha value is -2.33. The molecule has 0 saturated heterocycles. The van der Waals surface area contributed by atoms with Crippen molar-refractivity contribution in [3.63, 3.8) is 0 Å². The Bertz CT molecular complexity index is 491. The summed E-state index contributed by atoms with van der Waals surface area (Å²) in [7, 11) is 1.56. The lowest BCUT2D eigenvalue weighted by Gasteiger charge is -2.09. The number of hydrogen-bond donors (Lipinski definition) is 4. The van der Waals surface area contributed by atoms with E-state index in [0.29, 0.717) is 11.4 Å². The second kappa shape index (κ2) is 8.85. The van der Waals surface area contributed by atoms with Crippen LogP contribution < -0.4 is 15.8 Å². The van der Waals surface area contributed by atoms with Gasteiger partial charge in [0, 0.05) is 5.69 Å². The van der Waals surface area contributed by atoms with Gasteiger partial charge in [0.15, 0.2) is 0 Å². The van der Waals surface area contributed by atoms with E-state index in [9.17, 15) is 18.0 Å². The third-order valence-corrected chi connectivity index (χ3v) is 2.13. The van der Waals surface area contributed by atoms with Crippen LogP contribution in [0.3, 0.4) is 0 Å². The van der Waals surface area contributed by atoms with Crippen molar-refractivity contribution < 1.29 is 37.7 Å². The molecule has 10 heteroatoms. The van der Waals surface area contributed by atoms with E-state index < -0.39 is 24.1 Å². The number of carboxylic acids is 1.